The number of amides is 2. The maximum absolute atomic E-state index is 13.0. The first-order valence-corrected chi connectivity index (χ1v) is 10.7. The lowest BCUT2D eigenvalue weighted by molar-refractivity contribution is -0.138. The number of benzene rings is 2. The third-order valence-corrected chi connectivity index (χ3v) is 5.66. The normalized spacial score (nSPS) is 16.8. The molecule has 0 N–H and O–H groups in total. The van der Waals surface area contributed by atoms with Crippen molar-refractivity contribution in [2.75, 3.05) is 44.4 Å². The van der Waals surface area contributed by atoms with Crippen LogP contribution in [0.5, 0.6) is 11.5 Å². The lowest BCUT2D eigenvalue weighted by Gasteiger charge is -2.37. The van der Waals surface area contributed by atoms with Crippen molar-refractivity contribution in [3.05, 3.63) is 53.1 Å². The van der Waals surface area contributed by atoms with Crippen LogP contribution in [0.2, 0.25) is 5.02 Å². The number of rotatable bonds is 6. The zero-order valence-corrected chi connectivity index (χ0v) is 18.3. The summed E-state index contributed by atoms with van der Waals surface area (Å²) in [5, 5.41) is 0.573. The molecule has 2 aliphatic heterocycles. The highest BCUT2D eigenvalue weighted by atomic mass is 35.5. The van der Waals surface area contributed by atoms with E-state index in [0.29, 0.717) is 54.1 Å². The molecule has 1 atom stereocenters. The quantitative estimate of drug-likeness (QED) is 0.618. The van der Waals surface area contributed by atoms with Gasteiger partial charge in [-0.15, -0.1) is 0 Å². The molecule has 1 fully saturated rings. The van der Waals surface area contributed by atoms with Crippen molar-refractivity contribution >= 4 is 34.9 Å². The fraction of sp³-hybridized carbons (Fsp3) is 0.348. The van der Waals surface area contributed by atoms with Crippen LogP contribution < -0.4 is 14.4 Å². The number of anilines is 1. The molecule has 2 aliphatic rings. The monoisotopic (exact) mass is 458 g/mol. The van der Waals surface area contributed by atoms with Crippen LogP contribution in [-0.2, 0) is 14.3 Å². The third kappa shape index (κ3) is 4.71. The number of Topliss-reactive ketones (excluding diaryl/α,β-unsaturated/α-hetero) is 1. The molecule has 2 aromatic rings. The molecule has 0 spiro atoms. The molecule has 0 saturated carbocycles. The summed E-state index contributed by atoms with van der Waals surface area (Å²) in [6.07, 6.45) is 0. The van der Waals surface area contributed by atoms with Gasteiger partial charge in [0.05, 0.1) is 18.9 Å². The van der Waals surface area contributed by atoms with E-state index in [1.807, 2.05) is 0 Å². The van der Waals surface area contributed by atoms with Gasteiger partial charge in [-0.25, -0.2) is 0 Å². The van der Waals surface area contributed by atoms with Crippen LogP contribution in [0.3, 0.4) is 0 Å². The van der Waals surface area contributed by atoms with Gasteiger partial charge in [0.1, 0.15) is 17.5 Å². The molecule has 0 radical (unpaired) electrons. The number of fused-ring (bicyclic) bond motifs is 1. The number of ketones is 1. The third-order valence-electron chi connectivity index (χ3n) is 5.41. The maximum Gasteiger partial charge on any atom is 0.265 e. The molecule has 0 aliphatic carbocycles. The largest absolute Gasteiger partial charge is 0.485 e. The molecule has 2 aromatic carbocycles. The fourth-order valence-electron chi connectivity index (χ4n) is 3.69. The van der Waals surface area contributed by atoms with Crippen molar-refractivity contribution in [1.29, 1.82) is 0 Å². The first kappa shape index (κ1) is 22.1. The van der Waals surface area contributed by atoms with E-state index in [1.54, 1.807) is 54.3 Å². The van der Waals surface area contributed by atoms with Gasteiger partial charge in [-0.2, -0.15) is 0 Å². The van der Waals surface area contributed by atoms with Crippen LogP contribution in [0.1, 0.15) is 17.3 Å². The smallest absolute Gasteiger partial charge is 0.265 e. The summed E-state index contributed by atoms with van der Waals surface area (Å²) in [5.74, 6) is 0.186. The Bertz CT molecular complexity index is 1020. The van der Waals surface area contributed by atoms with Gasteiger partial charge in [0, 0.05) is 23.7 Å². The summed E-state index contributed by atoms with van der Waals surface area (Å²) >= 11 is 5.86. The van der Waals surface area contributed by atoms with Crippen LogP contribution in [-0.4, -0.2) is 68.1 Å². The highest BCUT2D eigenvalue weighted by Crippen LogP contribution is 2.35. The number of hydrogen-bond donors (Lipinski definition) is 0. The average Bonchev–Trinajstić information content (AvgIpc) is 2.82. The minimum absolute atomic E-state index is 0.166. The zero-order chi connectivity index (χ0) is 22.7. The molecule has 2 amide bonds. The summed E-state index contributed by atoms with van der Waals surface area (Å²) in [6, 6.07) is 10.8. The molecule has 4 rings (SSSR count). The summed E-state index contributed by atoms with van der Waals surface area (Å²) in [4.78, 5) is 41.5. The standard InChI is InChI=1S/C23H23ClN2O6/c1-15(23(29)25-8-10-30-11-9-25)26-19-12-16(2-7-21(19)32-14-22(26)28)20(27)13-31-18-5-3-17(24)4-6-18/h2-7,12,15H,8-11,13-14H2,1H3/t15-/m0/s1. The zero-order valence-electron chi connectivity index (χ0n) is 17.6. The molecule has 0 unspecified atom stereocenters. The van der Waals surface area contributed by atoms with E-state index < -0.39 is 6.04 Å². The molecular formula is C23H23ClN2O6. The Labute approximate surface area is 190 Å². The molecule has 1 saturated heterocycles. The summed E-state index contributed by atoms with van der Waals surface area (Å²) in [6.45, 7) is 3.24. The maximum atomic E-state index is 13.0. The van der Waals surface area contributed by atoms with Crippen LogP contribution >= 0.6 is 11.6 Å². The Balaban J connectivity index is 1.52. The van der Waals surface area contributed by atoms with Gasteiger partial charge in [0.2, 0.25) is 5.91 Å². The molecule has 0 aromatic heterocycles. The highest BCUT2D eigenvalue weighted by Gasteiger charge is 2.36. The van der Waals surface area contributed by atoms with Crippen LogP contribution in [0.25, 0.3) is 0 Å². The van der Waals surface area contributed by atoms with Gasteiger partial charge in [-0.3, -0.25) is 19.3 Å². The number of carbonyl (C=O) groups excluding carboxylic acids is 3. The predicted octanol–water partition coefficient (Wildman–Crippen LogP) is 2.57. The van der Waals surface area contributed by atoms with E-state index in [1.165, 1.54) is 4.90 Å². The van der Waals surface area contributed by atoms with E-state index in [-0.39, 0.29) is 30.8 Å². The van der Waals surface area contributed by atoms with Crippen LogP contribution in [0.4, 0.5) is 5.69 Å². The van der Waals surface area contributed by atoms with Gasteiger partial charge in [0.25, 0.3) is 5.91 Å². The lowest BCUT2D eigenvalue weighted by atomic mass is 10.1. The molecule has 9 heteroatoms. The first-order valence-electron chi connectivity index (χ1n) is 10.3. The van der Waals surface area contributed by atoms with E-state index >= 15 is 0 Å². The topological polar surface area (TPSA) is 85.4 Å². The predicted molar refractivity (Wildman–Crippen MR) is 118 cm³/mol. The minimum Gasteiger partial charge on any atom is -0.485 e. The number of hydrogen-bond acceptors (Lipinski definition) is 6. The number of ether oxygens (including phenoxy) is 3. The molecular weight excluding hydrogens is 436 g/mol. The molecule has 32 heavy (non-hydrogen) atoms. The Kier molecular flexibility index (Phi) is 6.62. The molecule has 168 valence electrons. The lowest BCUT2D eigenvalue weighted by Crippen LogP contribution is -2.54. The van der Waals surface area contributed by atoms with Gasteiger partial charge < -0.3 is 19.1 Å². The average molecular weight is 459 g/mol. The van der Waals surface area contributed by atoms with Gasteiger partial charge in [0.15, 0.2) is 19.0 Å². The van der Waals surface area contributed by atoms with Gasteiger partial charge in [-0.05, 0) is 49.4 Å². The van der Waals surface area contributed by atoms with Crippen molar-refractivity contribution in [3.63, 3.8) is 0 Å². The Morgan fingerprint density at radius 1 is 1.12 bits per heavy atom. The molecule has 2 heterocycles. The summed E-state index contributed by atoms with van der Waals surface area (Å²) in [7, 11) is 0. The van der Waals surface area contributed by atoms with Crippen molar-refractivity contribution in [2.45, 2.75) is 13.0 Å². The number of carbonyl (C=O) groups is 3. The first-order chi connectivity index (χ1) is 15.4. The van der Waals surface area contributed by atoms with Crippen molar-refractivity contribution in [3.8, 4) is 11.5 Å². The molecule has 8 nitrogen and oxygen atoms in total. The second kappa shape index (κ2) is 9.58. The fourth-order valence-corrected chi connectivity index (χ4v) is 3.82. The number of halogens is 1. The summed E-state index contributed by atoms with van der Waals surface area (Å²) in [5.41, 5.74) is 0.750. The van der Waals surface area contributed by atoms with Crippen molar-refractivity contribution in [1.82, 2.24) is 4.90 Å². The number of nitrogens with zero attached hydrogens (tertiary/aromatic N) is 2. The molecule has 0 bridgehead atoms. The summed E-state index contributed by atoms with van der Waals surface area (Å²) < 4.78 is 16.4. The second-order valence-electron chi connectivity index (χ2n) is 7.51. The van der Waals surface area contributed by atoms with Crippen molar-refractivity contribution < 1.29 is 28.6 Å². The van der Waals surface area contributed by atoms with E-state index in [4.69, 9.17) is 25.8 Å². The SMILES string of the molecule is C[C@@H](C(=O)N1CCOCC1)N1C(=O)COc2ccc(C(=O)COc3ccc(Cl)cc3)cc21. The second-order valence-corrected chi connectivity index (χ2v) is 7.95. The van der Waals surface area contributed by atoms with E-state index in [0.717, 1.165) is 0 Å². The minimum atomic E-state index is -0.737. The Hall–Kier alpha value is -3.10. The van der Waals surface area contributed by atoms with Crippen LogP contribution in [0.15, 0.2) is 42.5 Å². The van der Waals surface area contributed by atoms with Crippen LogP contribution in [0, 0.1) is 0 Å². The van der Waals surface area contributed by atoms with Gasteiger partial charge in [-0.1, -0.05) is 11.6 Å². The number of morpholine rings is 1. The van der Waals surface area contributed by atoms with Gasteiger partial charge >= 0.3 is 0 Å². The van der Waals surface area contributed by atoms with Crippen molar-refractivity contribution in [2.24, 2.45) is 0 Å². The van der Waals surface area contributed by atoms with E-state index in [9.17, 15) is 14.4 Å². The Morgan fingerprint density at radius 2 is 1.84 bits per heavy atom. The highest BCUT2D eigenvalue weighted by molar-refractivity contribution is 6.30. The Morgan fingerprint density at radius 3 is 2.56 bits per heavy atom. The van der Waals surface area contributed by atoms with E-state index in [2.05, 4.69) is 0 Å².